The number of carbonyl (C=O) groups excluding carboxylic acids is 1. The van der Waals surface area contributed by atoms with Gasteiger partial charge < -0.3 is 20.0 Å². The number of anilines is 4. The Morgan fingerprint density at radius 2 is 1.81 bits per heavy atom. The highest BCUT2D eigenvalue weighted by molar-refractivity contribution is 6.00. The molecule has 0 unspecified atom stereocenters. The van der Waals surface area contributed by atoms with Crippen molar-refractivity contribution >= 4 is 29.1 Å². The molecule has 0 atom stereocenters. The Kier molecular flexibility index (Phi) is 6.48. The highest BCUT2D eigenvalue weighted by Crippen LogP contribution is 2.22. The Labute approximate surface area is 184 Å². The predicted octanol–water partition coefficient (Wildman–Crippen LogP) is 4.57. The number of hydrogen-bond acceptors (Lipinski definition) is 7. The fourth-order valence-electron chi connectivity index (χ4n) is 3.52. The van der Waals surface area contributed by atoms with E-state index in [4.69, 9.17) is 4.42 Å². The summed E-state index contributed by atoms with van der Waals surface area (Å²) >= 11 is 0. The number of rotatable bonds is 5. The molecular weight excluding hydrogens is 418 g/mol. The average molecular weight is 441 g/mol. The molecule has 10 heteroatoms. The molecule has 3 aromatic rings. The quantitative estimate of drug-likeness (QED) is 0.560. The van der Waals surface area contributed by atoms with E-state index in [-0.39, 0.29) is 17.6 Å². The van der Waals surface area contributed by atoms with Gasteiger partial charge in [-0.1, -0.05) is 5.10 Å². The van der Waals surface area contributed by atoms with Gasteiger partial charge in [-0.25, -0.2) is 13.8 Å². The van der Waals surface area contributed by atoms with E-state index in [0.717, 1.165) is 56.7 Å². The molecule has 32 heavy (non-hydrogen) atoms. The van der Waals surface area contributed by atoms with E-state index in [1.165, 1.54) is 6.07 Å². The number of pyridine rings is 1. The first-order chi connectivity index (χ1) is 15.5. The van der Waals surface area contributed by atoms with Gasteiger partial charge in [0.15, 0.2) is 11.6 Å². The van der Waals surface area contributed by atoms with Crippen LogP contribution < -0.4 is 15.5 Å². The predicted molar refractivity (Wildman–Crippen MR) is 116 cm³/mol. The molecule has 8 nitrogen and oxygen atoms in total. The molecule has 4 rings (SSSR count). The van der Waals surface area contributed by atoms with Crippen LogP contribution in [0.3, 0.4) is 0 Å². The third-order valence-corrected chi connectivity index (χ3v) is 5.20. The Hall–Kier alpha value is -3.69. The van der Waals surface area contributed by atoms with Crippen LogP contribution in [-0.2, 0) is 0 Å². The second-order valence-corrected chi connectivity index (χ2v) is 7.66. The molecule has 1 aromatic carbocycles. The lowest BCUT2D eigenvalue weighted by atomic mass is 9.97. The molecule has 166 valence electrons. The molecule has 2 N–H and O–H groups in total. The van der Waals surface area contributed by atoms with Gasteiger partial charge in [0.25, 0.3) is 0 Å². The largest absolute Gasteiger partial charge is 0.399 e. The minimum Gasteiger partial charge on any atom is -0.399 e. The van der Waals surface area contributed by atoms with Crippen LogP contribution in [0.25, 0.3) is 0 Å². The molecule has 1 aliphatic heterocycles. The monoisotopic (exact) mass is 441 g/mol. The summed E-state index contributed by atoms with van der Waals surface area (Å²) in [6, 6.07) is 6.71. The van der Waals surface area contributed by atoms with Crippen molar-refractivity contribution in [1.82, 2.24) is 15.2 Å². The van der Waals surface area contributed by atoms with Crippen LogP contribution in [0.5, 0.6) is 0 Å². The van der Waals surface area contributed by atoms with Gasteiger partial charge in [-0.2, -0.15) is 0 Å². The van der Waals surface area contributed by atoms with Crippen molar-refractivity contribution in [2.45, 2.75) is 25.7 Å². The van der Waals surface area contributed by atoms with Crippen molar-refractivity contribution in [2.24, 2.45) is 5.92 Å². The van der Waals surface area contributed by atoms with E-state index < -0.39 is 17.5 Å². The van der Waals surface area contributed by atoms with Crippen molar-refractivity contribution in [3.8, 4) is 0 Å². The highest BCUT2D eigenvalue weighted by atomic mass is 19.2. The molecule has 1 saturated heterocycles. The maximum absolute atomic E-state index is 13.3. The smallest absolute Gasteiger partial charge is 0.320 e. The molecule has 1 aliphatic rings. The summed E-state index contributed by atoms with van der Waals surface area (Å²) in [6.45, 7) is 6.03. The molecule has 0 bridgehead atoms. The molecule has 1 amide bonds. The molecular formula is C22H23F2N6O2+. The topological polar surface area (TPSA) is 96.2 Å². The molecule has 0 radical (unpaired) electrons. The van der Waals surface area contributed by atoms with Crippen LogP contribution in [0.4, 0.5) is 32.0 Å². The lowest BCUT2D eigenvalue weighted by Crippen LogP contribution is -2.29. The molecule has 3 heterocycles. The summed E-state index contributed by atoms with van der Waals surface area (Å²) in [7, 11) is 0. The number of halogens is 2. The summed E-state index contributed by atoms with van der Waals surface area (Å²) in [6.07, 6.45) is 5.95. The number of benzene rings is 1. The first-order valence-corrected chi connectivity index (χ1v) is 10.4. The van der Waals surface area contributed by atoms with Crippen LogP contribution in [0.1, 0.15) is 36.4 Å². The van der Waals surface area contributed by atoms with Crippen molar-refractivity contribution in [3.63, 3.8) is 0 Å². The van der Waals surface area contributed by atoms with Crippen molar-refractivity contribution in [3.05, 3.63) is 61.0 Å². The molecule has 0 spiro atoms. The van der Waals surface area contributed by atoms with E-state index in [1.807, 2.05) is 6.07 Å². The Balaban J connectivity index is 1.35. The van der Waals surface area contributed by atoms with Crippen LogP contribution in [0.2, 0.25) is 0 Å². The van der Waals surface area contributed by atoms with Crippen LogP contribution in [0.15, 0.2) is 40.9 Å². The second-order valence-electron chi connectivity index (χ2n) is 7.66. The number of nitrogens with zero attached hydrogens (tertiary/aromatic N) is 4. The summed E-state index contributed by atoms with van der Waals surface area (Å²) in [4.78, 5) is 19.1. The zero-order chi connectivity index (χ0) is 22.5. The van der Waals surface area contributed by atoms with E-state index in [1.54, 1.807) is 12.3 Å². The third-order valence-electron chi connectivity index (χ3n) is 5.20. The van der Waals surface area contributed by atoms with E-state index >= 15 is 0 Å². The molecule has 0 aliphatic carbocycles. The van der Waals surface area contributed by atoms with Crippen LogP contribution in [0, 0.1) is 24.5 Å². The zero-order valence-electron chi connectivity index (χ0n) is 17.4. The Morgan fingerprint density at radius 3 is 2.50 bits per heavy atom. The zero-order valence-corrected chi connectivity index (χ0v) is 17.4. The normalized spacial score (nSPS) is 15.1. The van der Waals surface area contributed by atoms with Gasteiger partial charge in [0.05, 0.1) is 24.7 Å². The summed E-state index contributed by atoms with van der Waals surface area (Å²) < 4.78 is 31.6. The molecule has 1 fully saturated rings. The van der Waals surface area contributed by atoms with Crippen molar-refractivity contribution in [2.75, 3.05) is 28.6 Å². The number of amides is 1. The fraction of sp³-hybridized carbons (Fsp3) is 0.318. The number of hydrogen-bond donors (Lipinski definition) is 2. The number of aromatic nitrogens is 3. The van der Waals surface area contributed by atoms with Crippen molar-refractivity contribution in [1.29, 1.82) is 0 Å². The number of carbonyl (C=O) groups is 1. The second kappa shape index (κ2) is 9.63. The Bertz CT molecular complexity index is 1060. The first-order valence-electron chi connectivity index (χ1n) is 10.4. The number of nitrogens with one attached hydrogen (secondary N) is 2. The minimum absolute atomic E-state index is 0.128. The van der Waals surface area contributed by atoms with E-state index in [2.05, 4.69) is 37.6 Å². The summed E-state index contributed by atoms with van der Waals surface area (Å²) in [5.74, 6) is -1.50. The summed E-state index contributed by atoms with van der Waals surface area (Å²) in [5.41, 5.74) is 0.686. The maximum atomic E-state index is 13.3. The first kappa shape index (κ1) is 21.5. The summed E-state index contributed by atoms with van der Waals surface area (Å²) in [5, 5.41) is 12.6. The van der Waals surface area contributed by atoms with Gasteiger partial charge in [0, 0.05) is 24.8 Å². The lowest BCUT2D eigenvalue weighted by Gasteiger charge is -2.26. The molecule has 0 saturated carbocycles. The Morgan fingerprint density at radius 1 is 1.06 bits per heavy atom. The van der Waals surface area contributed by atoms with Crippen LogP contribution >= 0.6 is 0 Å². The van der Waals surface area contributed by atoms with Crippen LogP contribution in [-0.4, -0.2) is 34.2 Å². The van der Waals surface area contributed by atoms with Gasteiger partial charge in [-0.15, -0.1) is 5.10 Å². The highest BCUT2D eigenvalue weighted by Gasteiger charge is 2.18. The van der Waals surface area contributed by atoms with E-state index in [0.29, 0.717) is 11.6 Å². The van der Waals surface area contributed by atoms with Gasteiger partial charge in [-0.3, -0.25) is 4.79 Å². The van der Waals surface area contributed by atoms with Gasteiger partial charge in [0.2, 0.25) is 0 Å². The van der Waals surface area contributed by atoms with E-state index in [9.17, 15) is 13.6 Å². The lowest BCUT2D eigenvalue weighted by molar-refractivity contribution is 0.0991. The van der Waals surface area contributed by atoms with Gasteiger partial charge in [-0.05, 0) is 49.9 Å². The van der Waals surface area contributed by atoms with Crippen molar-refractivity contribution < 1.29 is 18.0 Å². The van der Waals surface area contributed by atoms with Gasteiger partial charge in [0.1, 0.15) is 5.82 Å². The fourth-order valence-corrected chi connectivity index (χ4v) is 3.52. The third kappa shape index (κ3) is 5.32. The maximum Gasteiger partial charge on any atom is 0.320 e. The standard InChI is InChI=1S/C22H22F2N6O2/c1-14-4-2-10-30(11-3-5-14)19-9-7-16(13-25-19)26-20(31)21-28-29-22(32-21)27-15-6-8-17(23)18(24)12-15/h6-9,12-14H,1-5,10-11H2,(H-,26,27,29,31)/p+1. The SMILES string of the molecule is [CH2+]C1CCCN(c2ccc(NC(=O)c3nnc(Nc4ccc(F)c(F)c4)o3)cn2)CCC1. The average Bonchev–Trinajstić information content (AvgIpc) is 3.23. The van der Waals surface area contributed by atoms with Gasteiger partial charge >= 0.3 is 17.8 Å². The minimum atomic E-state index is -1.02. The molecule has 2 aromatic heterocycles.